The van der Waals surface area contributed by atoms with Crippen LogP contribution in [0.2, 0.25) is 0 Å². The molecule has 19 heavy (non-hydrogen) atoms. The van der Waals surface area contributed by atoms with E-state index >= 15 is 0 Å². The van der Waals surface area contributed by atoms with E-state index in [0.29, 0.717) is 12.4 Å². The van der Waals surface area contributed by atoms with Crippen molar-refractivity contribution in [1.82, 2.24) is 0 Å². The second-order valence-electron chi connectivity index (χ2n) is 4.38. The summed E-state index contributed by atoms with van der Waals surface area (Å²) in [4.78, 5) is 0. The molecule has 0 aliphatic carbocycles. The molecule has 1 unspecified atom stereocenters. The normalized spacial score (nSPS) is 12.1. The Balaban J connectivity index is 2.14. The molecule has 1 atom stereocenters. The summed E-state index contributed by atoms with van der Waals surface area (Å²) in [7, 11) is 0. The van der Waals surface area contributed by atoms with Crippen LogP contribution in [-0.4, -0.2) is 15.4 Å². The highest BCUT2D eigenvalue weighted by Crippen LogP contribution is 2.18. The number of rotatable bonds is 10. The molecule has 0 aliphatic heterocycles. The van der Waals surface area contributed by atoms with Gasteiger partial charge in [-0.2, -0.15) is 0 Å². The summed E-state index contributed by atoms with van der Waals surface area (Å²) in [6.45, 7) is 2.90. The van der Waals surface area contributed by atoms with E-state index in [4.69, 9.17) is 4.74 Å². The molecule has 1 rings (SSSR count). The fraction of sp³-hybridized carbons (Fsp3) is 0.571. The highest BCUT2D eigenvalue weighted by Gasteiger charge is 1.97. The molecule has 0 saturated carbocycles. The van der Waals surface area contributed by atoms with Gasteiger partial charge in [0.2, 0.25) is 0 Å². The van der Waals surface area contributed by atoms with E-state index in [0.717, 1.165) is 12.2 Å². The minimum absolute atomic E-state index is 0.292. The van der Waals surface area contributed by atoms with Gasteiger partial charge < -0.3 is 13.5 Å². The van der Waals surface area contributed by atoms with Gasteiger partial charge in [0.05, 0.1) is 6.61 Å². The SMILES string of the molecule is CCCCCCCCOc1ccc(OS(=O)[O-])cc1. The summed E-state index contributed by atoms with van der Waals surface area (Å²) < 4.78 is 30.7. The molecular formula is C14H21O4S-. The fourth-order valence-corrected chi connectivity index (χ4v) is 2.01. The third kappa shape index (κ3) is 7.85. The van der Waals surface area contributed by atoms with Crippen LogP contribution in [-0.2, 0) is 11.4 Å². The van der Waals surface area contributed by atoms with Crippen LogP contribution in [0.15, 0.2) is 24.3 Å². The molecule has 108 valence electrons. The van der Waals surface area contributed by atoms with Gasteiger partial charge in [-0.3, -0.25) is 0 Å². The van der Waals surface area contributed by atoms with Crippen molar-refractivity contribution in [2.75, 3.05) is 6.61 Å². The fourth-order valence-electron chi connectivity index (χ4n) is 1.74. The summed E-state index contributed by atoms with van der Waals surface area (Å²) in [5.41, 5.74) is 0. The van der Waals surface area contributed by atoms with Gasteiger partial charge >= 0.3 is 0 Å². The first-order valence-corrected chi connectivity index (χ1v) is 7.73. The van der Waals surface area contributed by atoms with Crippen LogP contribution in [0.4, 0.5) is 0 Å². The molecule has 0 aliphatic rings. The van der Waals surface area contributed by atoms with Gasteiger partial charge in [-0.1, -0.05) is 39.0 Å². The predicted molar refractivity (Wildman–Crippen MR) is 74.9 cm³/mol. The van der Waals surface area contributed by atoms with Gasteiger partial charge in [0.15, 0.2) is 0 Å². The molecule has 5 heteroatoms. The number of ether oxygens (including phenoxy) is 1. The first-order chi connectivity index (χ1) is 9.22. The summed E-state index contributed by atoms with van der Waals surface area (Å²) in [6, 6.07) is 6.57. The molecule has 0 bridgehead atoms. The second-order valence-corrected chi connectivity index (χ2v) is 4.95. The molecule has 0 fully saturated rings. The average molecular weight is 285 g/mol. The van der Waals surface area contributed by atoms with Crippen LogP contribution >= 0.6 is 0 Å². The second kappa shape index (κ2) is 9.81. The van der Waals surface area contributed by atoms with Crippen LogP contribution in [0.25, 0.3) is 0 Å². The van der Waals surface area contributed by atoms with Crippen molar-refractivity contribution in [3.05, 3.63) is 24.3 Å². The lowest BCUT2D eigenvalue weighted by molar-refractivity contribution is 0.304. The Morgan fingerprint density at radius 1 is 1.00 bits per heavy atom. The van der Waals surface area contributed by atoms with Gasteiger partial charge in [0.1, 0.15) is 22.9 Å². The van der Waals surface area contributed by atoms with Crippen molar-refractivity contribution < 1.29 is 17.7 Å². The first-order valence-electron chi connectivity index (χ1n) is 6.73. The Kier molecular flexibility index (Phi) is 8.25. The van der Waals surface area contributed by atoms with Crippen molar-refractivity contribution >= 4 is 11.4 Å². The van der Waals surface area contributed by atoms with Gasteiger partial charge in [0, 0.05) is 0 Å². The highest BCUT2D eigenvalue weighted by atomic mass is 32.2. The Labute approximate surface area is 117 Å². The van der Waals surface area contributed by atoms with Gasteiger partial charge in [-0.15, -0.1) is 0 Å². The van der Waals surface area contributed by atoms with Crippen LogP contribution in [0.5, 0.6) is 11.5 Å². The lowest BCUT2D eigenvalue weighted by Gasteiger charge is -2.09. The van der Waals surface area contributed by atoms with E-state index in [1.807, 2.05) is 0 Å². The van der Waals surface area contributed by atoms with Crippen molar-refractivity contribution in [2.24, 2.45) is 0 Å². The van der Waals surface area contributed by atoms with E-state index in [1.165, 1.54) is 32.1 Å². The van der Waals surface area contributed by atoms with Crippen LogP contribution < -0.4 is 8.92 Å². The maximum Gasteiger partial charge on any atom is 0.139 e. The average Bonchev–Trinajstić information content (AvgIpc) is 2.39. The Morgan fingerprint density at radius 2 is 1.58 bits per heavy atom. The standard InChI is InChI=1S/C14H22O4S/c1-2-3-4-5-6-7-12-17-13-8-10-14(11-9-13)18-19(15)16/h8-11H,2-7,12H2,1H3,(H,15,16)/p-1. The monoisotopic (exact) mass is 285 g/mol. The highest BCUT2D eigenvalue weighted by molar-refractivity contribution is 7.74. The third-order valence-electron chi connectivity index (χ3n) is 2.75. The molecule has 1 aromatic rings. The number of unbranched alkanes of at least 4 members (excludes halogenated alkanes) is 5. The van der Waals surface area contributed by atoms with Crippen LogP contribution in [0.1, 0.15) is 45.4 Å². The van der Waals surface area contributed by atoms with Gasteiger partial charge in [-0.05, 0) is 30.7 Å². The minimum Gasteiger partial charge on any atom is -0.740 e. The largest absolute Gasteiger partial charge is 0.740 e. The number of hydrogen-bond acceptors (Lipinski definition) is 4. The van der Waals surface area contributed by atoms with E-state index in [2.05, 4.69) is 11.1 Å². The molecule has 0 amide bonds. The third-order valence-corrected chi connectivity index (χ3v) is 3.08. The topological polar surface area (TPSA) is 58.6 Å². The van der Waals surface area contributed by atoms with Crippen molar-refractivity contribution in [2.45, 2.75) is 45.4 Å². The molecule has 0 radical (unpaired) electrons. The lowest BCUT2D eigenvalue weighted by Crippen LogP contribution is -1.99. The molecule has 0 spiro atoms. The molecule has 0 N–H and O–H groups in total. The van der Waals surface area contributed by atoms with Crippen molar-refractivity contribution in [3.8, 4) is 11.5 Å². The smallest absolute Gasteiger partial charge is 0.139 e. The van der Waals surface area contributed by atoms with E-state index in [9.17, 15) is 8.76 Å². The maximum atomic E-state index is 10.3. The van der Waals surface area contributed by atoms with E-state index in [-0.39, 0.29) is 0 Å². The Hall–Kier alpha value is -1.07. The zero-order valence-electron chi connectivity index (χ0n) is 11.3. The summed E-state index contributed by atoms with van der Waals surface area (Å²) in [6.07, 6.45) is 7.37. The first kappa shape index (κ1) is 16.0. The van der Waals surface area contributed by atoms with Crippen LogP contribution in [0, 0.1) is 0 Å². The Bertz CT molecular complexity index is 364. The Morgan fingerprint density at radius 3 is 2.21 bits per heavy atom. The molecule has 4 nitrogen and oxygen atoms in total. The van der Waals surface area contributed by atoms with E-state index < -0.39 is 11.4 Å². The summed E-state index contributed by atoms with van der Waals surface area (Å²) >= 11 is -2.53. The van der Waals surface area contributed by atoms with Crippen molar-refractivity contribution in [1.29, 1.82) is 0 Å². The number of hydrogen-bond donors (Lipinski definition) is 0. The predicted octanol–water partition coefficient (Wildman–Crippen LogP) is 3.60. The maximum absolute atomic E-state index is 10.3. The molecule has 1 aromatic carbocycles. The molecule has 0 aromatic heterocycles. The number of benzene rings is 1. The minimum atomic E-state index is -2.53. The molecule has 0 heterocycles. The molecule has 0 saturated heterocycles. The quantitative estimate of drug-likeness (QED) is 0.487. The zero-order valence-corrected chi connectivity index (χ0v) is 12.1. The molecular weight excluding hydrogens is 264 g/mol. The van der Waals surface area contributed by atoms with Gasteiger partial charge in [0.25, 0.3) is 0 Å². The summed E-state index contributed by atoms with van der Waals surface area (Å²) in [5, 5.41) is 0. The summed E-state index contributed by atoms with van der Waals surface area (Å²) in [5.74, 6) is 1.03. The zero-order chi connectivity index (χ0) is 13.9. The van der Waals surface area contributed by atoms with Crippen LogP contribution in [0.3, 0.4) is 0 Å². The van der Waals surface area contributed by atoms with E-state index in [1.54, 1.807) is 24.3 Å². The van der Waals surface area contributed by atoms with Gasteiger partial charge in [-0.25, -0.2) is 4.21 Å². The lowest BCUT2D eigenvalue weighted by atomic mass is 10.1. The van der Waals surface area contributed by atoms with Crippen molar-refractivity contribution in [3.63, 3.8) is 0 Å².